The van der Waals surface area contributed by atoms with Gasteiger partial charge in [-0.15, -0.1) is 0 Å². The smallest absolute Gasteiger partial charge is 0.370 e. The van der Waals surface area contributed by atoms with Gasteiger partial charge in [-0.2, -0.15) is 26.3 Å². The Morgan fingerprint density at radius 1 is 1.09 bits per heavy atom. The average molecular weight is 461 g/mol. The van der Waals surface area contributed by atoms with Crippen LogP contribution in [0.4, 0.5) is 32.0 Å². The second-order valence-corrected chi connectivity index (χ2v) is 7.26. The number of hydrogen-bond acceptors (Lipinski definition) is 3. The first-order valence-corrected chi connectivity index (χ1v) is 9.35. The van der Waals surface area contributed by atoms with Crippen LogP contribution in [0, 0.1) is 5.92 Å². The van der Waals surface area contributed by atoms with Gasteiger partial charge in [0.05, 0.1) is 28.6 Å². The van der Waals surface area contributed by atoms with Crippen LogP contribution in [0.3, 0.4) is 0 Å². The Labute approximate surface area is 179 Å². The third kappa shape index (κ3) is 7.13. The van der Waals surface area contributed by atoms with Crippen molar-refractivity contribution in [2.75, 3.05) is 11.9 Å². The highest BCUT2D eigenvalue weighted by Gasteiger charge is 2.36. The number of amides is 1. The van der Waals surface area contributed by atoms with Crippen molar-refractivity contribution in [1.29, 1.82) is 0 Å². The highest BCUT2D eigenvalue weighted by molar-refractivity contribution is 6.03. The Hall–Kier alpha value is -3.31. The standard InChI is InChI=1S/C20H21F6N5O/c1-11(2)8-30-18(27)31-16-10-28-4-3-15(16)17(32)29-9-12-5-13(19(21,22)23)7-14(6-12)20(24,25)26/h3-7,10-11H,8-9H2,1-2H3,(H,29,32)(H3,27,30,31). The molecule has 0 saturated carbocycles. The van der Waals surface area contributed by atoms with E-state index in [0.29, 0.717) is 18.7 Å². The van der Waals surface area contributed by atoms with E-state index < -0.39 is 35.9 Å². The summed E-state index contributed by atoms with van der Waals surface area (Å²) in [6, 6.07) is 2.45. The quantitative estimate of drug-likeness (QED) is 0.337. The van der Waals surface area contributed by atoms with E-state index in [0.717, 1.165) is 0 Å². The number of halogens is 6. The van der Waals surface area contributed by atoms with Crippen LogP contribution in [-0.4, -0.2) is 23.4 Å². The van der Waals surface area contributed by atoms with Crippen LogP contribution < -0.4 is 16.4 Å². The van der Waals surface area contributed by atoms with Gasteiger partial charge in [-0.3, -0.25) is 14.8 Å². The molecule has 2 aromatic rings. The maximum absolute atomic E-state index is 13.0. The van der Waals surface area contributed by atoms with Crippen molar-refractivity contribution in [2.45, 2.75) is 32.7 Å². The minimum Gasteiger partial charge on any atom is -0.370 e. The Morgan fingerprint density at radius 2 is 1.69 bits per heavy atom. The van der Waals surface area contributed by atoms with Crippen LogP contribution in [0.2, 0.25) is 0 Å². The molecule has 1 heterocycles. The van der Waals surface area contributed by atoms with Crippen molar-refractivity contribution in [3.63, 3.8) is 0 Å². The Kier molecular flexibility index (Phi) is 7.70. The van der Waals surface area contributed by atoms with Crippen LogP contribution in [-0.2, 0) is 18.9 Å². The van der Waals surface area contributed by atoms with E-state index in [2.05, 4.69) is 20.6 Å². The fraction of sp³-hybridized carbons (Fsp3) is 0.350. The molecule has 1 aromatic carbocycles. The van der Waals surface area contributed by atoms with Crippen molar-refractivity contribution in [3.05, 3.63) is 58.9 Å². The molecular weight excluding hydrogens is 440 g/mol. The molecule has 174 valence electrons. The van der Waals surface area contributed by atoms with Gasteiger partial charge in [-0.1, -0.05) is 13.8 Å². The number of alkyl halides is 6. The molecule has 0 aliphatic carbocycles. The lowest BCUT2D eigenvalue weighted by molar-refractivity contribution is -0.143. The summed E-state index contributed by atoms with van der Waals surface area (Å²) in [6.45, 7) is 3.72. The van der Waals surface area contributed by atoms with Crippen molar-refractivity contribution in [1.82, 2.24) is 10.3 Å². The number of anilines is 1. The maximum Gasteiger partial charge on any atom is 0.416 e. The summed E-state index contributed by atoms with van der Waals surface area (Å²) in [4.78, 5) is 20.5. The zero-order valence-corrected chi connectivity index (χ0v) is 17.1. The van der Waals surface area contributed by atoms with Gasteiger partial charge in [0, 0.05) is 19.3 Å². The number of carbonyl (C=O) groups excluding carboxylic acids is 1. The third-order valence-electron chi connectivity index (χ3n) is 4.06. The lowest BCUT2D eigenvalue weighted by Gasteiger charge is -2.15. The van der Waals surface area contributed by atoms with E-state index in [9.17, 15) is 31.1 Å². The minimum atomic E-state index is -4.98. The molecule has 0 atom stereocenters. The molecule has 0 aliphatic rings. The number of rotatable bonds is 6. The maximum atomic E-state index is 13.0. The van der Waals surface area contributed by atoms with Gasteiger partial charge >= 0.3 is 12.4 Å². The fourth-order valence-electron chi connectivity index (χ4n) is 2.55. The molecule has 0 saturated heterocycles. The third-order valence-corrected chi connectivity index (χ3v) is 4.06. The molecule has 2 rings (SSSR count). The molecule has 6 nitrogen and oxygen atoms in total. The van der Waals surface area contributed by atoms with Crippen molar-refractivity contribution in [3.8, 4) is 0 Å². The Bertz CT molecular complexity index is 953. The van der Waals surface area contributed by atoms with Gasteiger partial charge in [0.15, 0.2) is 5.96 Å². The first-order chi connectivity index (χ1) is 14.8. The topological polar surface area (TPSA) is 92.4 Å². The monoisotopic (exact) mass is 461 g/mol. The summed E-state index contributed by atoms with van der Waals surface area (Å²) in [5.41, 5.74) is 2.70. The molecule has 0 bridgehead atoms. The lowest BCUT2D eigenvalue weighted by Crippen LogP contribution is -2.28. The normalized spacial score (nSPS) is 12.7. The molecular formula is C20H21F6N5O. The van der Waals surface area contributed by atoms with Crippen molar-refractivity contribution in [2.24, 2.45) is 16.6 Å². The molecule has 0 spiro atoms. The zero-order chi connectivity index (χ0) is 24.1. The van der Waals surface area contributed by atoms with Crippen LogP contribution in [0.1, 0.15) is 40.9 Å². The largest absolute Gasteiger partial charge is 0.416 e. The summed E-state index contributed by atoms with van der Waals surface area (Å²) in [6.07, 6.45) is -7.36. The highest BCUT2D eigenvalue weighted by Crippen LogP contribution is 2.36. The molecule has 12 heteroatoms. The molecule has 1 aromatic heterocycles. The minimum absolute atomic E-state index is 0.0217. The zero-order valence-electron chi connectivity index (χ0n) is 17.1. The highest BCUT2D eigenvalue weighted by atomic mass is 19.4. The van der Waals surface area contributed by atoms with Gasteiger partial charge in [-0.05, 0) is 35.7 Å². The first kappa shape index (κ1) is 25.0. The number of hydrogen-bond donors (Lipinski definition) is 3. The van der Waals surface area contributed by atoms with E-state index in [4.69, 9.17) is 5.73 Å². The Morgan fingerprint density at radius 3 is 2.22 bits per heavy atom. The molecule has 0 unspecified atom stereocenters. The SMILES string of the molecule is CC(C)CN=C(N)Nc1cnccc1C(=O)NCc1cc(C(F)(F)F)cc(C(F)(F)F)c1. The summed E-state index contributed by atoms with van der Waals surface area (Å²) >= 11 is 0. The number of carbonyl (C=O) groups is 1. The van der Waals surface area contributed by atoms with E-state index in [1.165, 1.54) is 18.5 Å². The van der Waals surface area contributed by atoms with Gasteiger partial charge in [-0.25, -0.2) is 0 Å². The van der Waals surface area contributed by atoms with Gasteiger partial charge in [0.2, 0.25) is 0 Å². The summed E-state index contributed by atoms with van der Waals surface area (Å²) in [5.74, 6) is -0.493. The van der Waals surface area contributed by atoms with Crippen LogP contribution >= 0.6 is 0 Å². The molecule has 0 fully saturated rings. The first-order valence-electron chi connectivity index (χ1n) is 9.35. The van der Waals surface area contributed by atoms with E-state index in [1.54, 1.807) is 0 Å². The number of aromatic nitrogens is 1. The predicted molar refractivity (Wildman–Crippen MR) is 107 cm³/mol. The number of nitrogens with one attached hydrogen (secondary N) is 2. The predicted octanol–water partition coefficient (Wildman–Crippen LogP) is 4.43. The van der Waals surface area contributed by atoms with E-state index in [1.807, 2.05) is 13.8 Å². The van der Waals surface area contributed by atoms with E-state index in [-0.39, 0.29) is 34.8 Å². The number of benzene rings is 1. The summed E-state index contributed by atoms with van der Waals surface area (Å²) in [7, 11) is 0. The van der Waals surface area contributed by atoms with Gasteiger partial charge in [0.1, 0.15) is 0 Å². The van der Waals surface area contributed by atoms with Crippen LogP contribution in [0.15, 0.2) is 41.7 Å². The van der Waals surface area contributed by atoms with Crippen LogP contribution in [0.5, 0.6) is 0 Å². The summed E-state index contributed by atoms with van der Waals surface area (Å²) < 4.78 is 78.0. The van der Waals surface area contributed by atoms with Gasteiger partial charge in [0.25, 0.3) is 5.91 Å². The number of aliphatic imine (C=N–C) groups is 1. The van der Waals surface area contributed by atoms with Gasteiger partial charge < -0.3 is 16.4 Å². The molecule has 1 amide bonds. The fourth-order valence-corrected chi connectivity index (χ4v) is 2.55. The number of nitrogens with zero attached hydrogens (tertiary/aromatic N) is 2. The molecule has 4 N–H and O–H groups in total. The second kappa shape index (κ2) is 9.88. The molecule has 32 heavy (non-hydrogen) atoms. The number of pyridine rings is 1. The molecule has 0 aliphatic heterocycles. The van der Waals surface area contributed by atoms with Crippen molar-refractivity contribution >= 4 is 17.6 Å². The lowest BCUT2D eigenvalue weighted by atomic mass is 10.0. The second-order valence-electron chi connectivity index (χ2n) is 7.26. The van der Waals surface area contributed by atoms with E-state index >= 15 is 0 Å². The number of nitrogens with two attached hydrogens (primary N) is 1. The average Bonchev–Trinajstić information content (AvgIpc) is 2.69. The van der Waals surface area contributed by atoms with Crippen molar-refractivity contribution < 1.29 is 31.1 Å². The van der Waals surface area contributed by atoms with Crippen LogP contribution in [0.25, 0.3) is 0 Å². The molecule has 0 radical (unpaired) electrons. The Balaban J connectivity index is 2.22. The number of guanidine groups is 1. The summed E-state index contributed by atoms with van der Waals surface area (Å²) in [5, 5.41) is 5.02.